The van der Waals surface area contributed by atoms with Crippen LogP contribution in [-0.2, 0) is 14.3 Å². The smallest absolute Gasteiger partial charge is 0.305 e. The molecule has 2 N–H and O–H groups in total. The highest BCUT2D eigenvalue weighted by Crippen LogP contribution is 2.28. The zero-order valence-corrected chi connectivity index (χ0v) is 14.8. The van der Waals surface area contributed by atoms with Crippen molar-refractivity contribution in [2.45, 2.75) is 76.9 Å². The largest absolute Gasteiger partial charge is 0.469 e. The van der Waals surface area contributed by atoms with Crippen molar-refractivity contribution in [2.75, 3.05) is 7.11 Å². The molecule has 5 heteroatoms. The first-order valence-corrected chi connectivity index (χ1v) is 8.87. The summed E-state index contributed by atoms with van der Waals surface area (Å²) in [7, 11) is 1.31. The Hall–Kier alpha value is -1.46. The van der Waals surface area contributed by atoms with Crippen molar-refractivity contribution < 1.29 is 24.5 Å². The molecule has 0 heterocycles. The minimum Gasteiger partial charge on any atom is -0.469 e. The maximum Gasteiger partial charge on any atom is 0.305 e. The summed E-state index contributed by atoms with van der Waals surface area (Å²) in [5, 5.41) is 20.0. The predicted octanol–water partition coefficient (Wildman–Crippen LogP) is 2.85. The van der Waals surface area contributed by atoms with Gasteiger partial charge in [0.15, 0.2) is 5.78 Å². The first kappa shape index (κ1) is 20.6. The lowest BCUT2D eigenvalue weighted by atomic mass is 10.0. The van der Waals surface area contributed by atoms with Gasteiger partial charge in [-0.2, -0.15) is 0 Å². The van der Waals surface area contributed by atoms with Gasteiger partial charge in [0.05, 0.1) is 19.3 Å². The highest BCUT2D eigenvalue weighted by Gasteiger charge is 2.29. The van der Waals surface area contributed by atoms with Gasteiger partial charge in [0, 0.05) is 18.4 Å². The van der Waals surface area contributed by atoms with Crippen LogP contribution >= 0.6 is 0 Å². The van der Waals surface area contributed by atoms with E-state index >= 15 is 0 Å². The molecule has 0 bridgehead atoms. The molecule has 0 aliphatic heterocycles. The Bertz CT molecular complexity index is 478. The van der Waals surface area contributed by atoms with Crippen molar-refractivity contribution in [3.8, 4) is 0 Å². The van der Waals surface area contributed by atoms with Crippen LogP contribution in [-0.4, -0.2) is 41.3 Å². The maximum absolute atomic E-state index is 11.9. The van der Waals surface area contributed by atoms with E-state index in [-0.39, 0.29) is 31.0 Å². The van der Waals surface area contributed by atoms with Crippen molar-refractivity contribution in [1.82, 2.24) is 0 Å². The molecule has 0 fully saturated rings. The number of allylic oxidation sites excluding steroid dienone is 1. The van der Waals surface area contributed by atoms with Crippen molar-refractivity contribution in [1.29, 1.82) is 0 Å². The van der Waals surface area contributed by atoms with Gasteiger partial charge in [-0.3, -0.25) is 9.59 Å². The topological polar surface area (TPSA) is 83.8 Å². The van der Waals surface area contributed by atoms with E-state index in [9.17, 15) is 19.8 Å². The quantitative estimate of drug-likeness (QED) is 0.447. The highest BCUT2D eigenvalue weighted by atomic mass is 16.5. The summed E-state index contributed by atoms with van der Waals surface area (Å²) in [6.45, 7) is 2.16. The van der Waals surface area contributed by atoms with Crippen LogP contribution in [0.25, 0.3) is 0 Å². The molecule has 5 nitrogen and oxygen atoms in total. The Labute approximate surface area is 144 Å². The minimum atomic E-state index is -0.849. The Kier molecular flexibility index (Phi) is 9.57. The van der Waals surface area contributed by atoms with Gasteiger partial charge in [-0.05, 0) is 18.4 Å². The number of rotatable bonds is 11. The highest BCUT2D eigenvalue weighted by molar-refractivity contribution is 6.00. The van der Waals surface area contributed by atoms with E-state index in [1.165, 1.54) is 26.4 Å². The second-order valence-electron chi connectivity index (χ2n) is 6.28. The number of carbonyl (C=O) groups is 2. The lowest BCUT2D eigenvalue weighted by Gasteiger charge is -2.08. The molecule has 24 heavy (non-hydrogen) atoms. The molecule has 0 spiro atoms. The third-order valence-corrected chi connectivity index (χ3v) is 4.33. The van der Waals surface area contributed by atoms with Crippen molar-refractivity contribution in [3.05, 3.63) is 23.3 Å². The predicted molar refractivity (Wildman–Crippen MR) is 92.4 cm³/mol. The zero-order valence-electron chi connectivity index (χ0n) is 14.8. The van der Waals surface area contributed by atoms with Gasteiger partial charge in [0.2, 0.25) is 0 Å². The van der Waals surface area contributed by atoms with E-state index in [4.69, 9.17) is 0 Å². The van der Waals surface area contributed by atoms with Crippen LogP contribution in [0.15, 0.2) is 23.3 Å². The molecular weight excluding hydrogens is 308 g/mol. The summed E-state index contributed by atoms with van der Waals surface area (Å²) in [6, 6.07) is 0. The van der Waals surface area contributed by atoms with Gasteiger partial charge < -0.3 is 14.9 Å². The second kappa shape index (κ2) is 11.2. The molecule has 0 aromatic rings. The van der Waals surface area contributed by atoms with Gasteiger partial charge in [-0.25, -0.2) is 0 Å². The van der Waals surface area contributed by atoms with Crippen LogP contribution in [0.3, 0.4) is 0 Å². The fraction of sp³-hybridized carbons (Fsp3) is 0.684. The van der Waals surface area contributed by atoms with E-state index in [2.05, 4.69) is 11.7 Å². The molecule has 1 aliphatic rings. The van der Waals surface area contributed by atoms with Crippen LogP contribution in [0.1, 0.15) is 64.7 Å². The van der Waals surface area contributed by atoms with E-state index < -0.39 is 12.2 Å². The standard InChI is InChI=1S/C19H30O5/c1-3-4-5-6-7-8-14(20)9-10-15-16(11-12-19(23)24-2)18(22)13-17(15)21/h9-10,14,17,20-21H,3-8,11-13H2,1-2H3/b10-9+. The molecule has 0 radical (unpaired) electrons. The first-order valence-electron chi connectivity index (χ1n) is 8.87. The minimum absolute atomic E-state index is 0.0449. The molecule has 1 rings (SSSR count). The summed E-state index contributed by atoms with van der Waals surface area (Å²) < 4.78 is 4.58. The first-order chi connectivity index (χ1) is 11.5. The summed E-state index contributed by atoms with van der Waals surface area (Å²) in [5.41, 5.74) is 0.994. The van der Waals surface area contributed by atoms with Crippen molar-refractivity contribution in [3.63, 3.8) is 0 Å². The lowest BCUT2D eigenvalue weighted by molar-refractivity contribution is -0.140. The Morgan fingerprint density at radius 2 is 2.04 bits per heavy atom. The van der Waals surface area contributed by atoms with Gasteiger partial charge in [-0.15, -0.1) is 0 Å². The van der Waals surface area contributed by atoms with Gasteiger partial charge in [0.25, 0.3) is 0 Å². The van der Waals surface area contributed by atoms with Crippen LogP contribution in [0.5, 0.6) is 0 Å². The molecule has 0 aromatic heterocycles. The summed E-state index contributed by atoms with van der Waals surface area (Å²) in [4.78, 5) is 23.2. The van der Waals surface area contributed by atoms with Crippen LogP contribution in [0, 0.1) is 0 Å². The number of methoxy groups -OCH3 is 1. The van der Waals surface area contributed by atoms with Gasteiger partial charge >= 0.3 is 5.97 Å². The number of ketones is 1. The van der Waals surface area contributed by atoms with Crippen LogP contribution in [0.4, 0.5) is 0 Å². The third-order valence-electron chi connectivity index (χ3n) is 4.33. The average molecular weight is 338 g/mol. The zero-order chi connectivity index (χ0) is 17.9. The summed E-state index contributed by atoms with van der Waals surface area (Å²) in [5.74, 6) is -0.521. The fourth-order valence-electron chi connectivity index (χ4n) is 2.86. The maximum atomic E-state index is 11.9. The Balaban J connectivity index is 2.57. The van der Waals surface area contributed by atoms with Crippen LogP contribution < -0.4 is 0 Å². The monoisotopic (exact) mass is 338 g/mol. The number of hydrogen-bond donors (Lipinski definition) is 2. The molecule has 0 aromatic carbocycles. The second-order valence-corrected chi connectivity index (χ2v) is 6.28. The molecule has 1 aliphatic carbocycles. The van der Waals surface area contributed by atoms with Gasteiger partial charge in [0.1, 0.15) is 0 Å². The average Bonchev–Trinajstić information content (AvgIpc) is 2.83. The van der Waals surface area contributed by atoms with Crippen molar-refractivity contribution in [2.24, 2.45) is 0 Å². The Morgan fingerprint density at radius 3 is 2.71 bits per heavy atom. The third kappa shape index (κ3) is 6.97. The number of ether oxygens (including phenoxy) is 1. The SMILES string of the molecule is CCCCCCCC(O)/C=C/C1=C(CCC(=O)OC)C(=O)CC1O. The van der Waals surface area contributed by atoms with Gasteiger partial charge in [-0.1, -0.05) is 51.2 Å². The molecular formula is C19H30O5. The fourth-order valence-corrected chi connectivity index (χ4v) is 2.86. The molecule has 0 saturated heterocycles. The molecule has 136 valence electrons. The number of esters is 1. The van der Waals surface area contributed by atoms with E-state index in [1.807, 2.05) is 0 Å². The number of hydrogen-bond acceptors (Lipinski definition) is 5. The normalized spacial score (nSPS) is 19.3. The number of unbranched alkanes of at least 4 members (excludes halogenated alkanes) is 4. The van der Waals surface area contributed by atoms with E-state index in [0.29, 0.717) is 17.6 Å². The molecule has 2 unspecified atom stereocenters. The molecule has 0 saturated carbocycles. The Morgan fingerprint density at radius 1 is 1.33 bits per heavy atom. The number of aliphatic hydroxyl groups is 2. The summed E-state index contributed by atoms with van der Waals surface area (Å²) in [6.07, 6.45) is 8.59. The lowest BCUT2D eigenvalue weighted by Crippen LogP contribution is -2.06. The number of carbonyl (C=O) groups excluding carboxylic acids is 2. The molecule has 0 amide bonds. The molecule has 2 atom stereocenters. The van der Waals surface area contributed by atoms with Crippen molar-refractivity contribution >= 4 is 11.8 Å². The number of aliphatic hydroxyl groups excluding tert-OH is 2. The van der Waals surface area contributed by atoms with Crippen LogP contribution in [0.2, 0.25) is 0 Å². The number of Topliss-reactive ketones (excluding diaryl/α,β-unsaturated/α-hetero) is 1. The van der Waals surface area contributed by atoms with E-state index in [0.717, 1.165) is 12.8 Å². The van der Waals surface area contributed by atoms with E-state index in [1.54, 1.807) is 12.2 Å². The summed E-state index contributed by atoms with van der Waals surface area (Å²) >= 11 is 0.